The third-order valence-electron chi connectivity index (χ3n) is 3.38. The molecule has 1 aromatic carbocycles. The lowest BCUT2D eigenvalue weighted by molar-refractivity contribution is -0.125. The van der Waals surface area contributed by atoms with Gasteiger partial charge in [0.15, 0.2) is 0 Å². The number of aliphatic hydroxyl groups is 2. The average Bonchev–Trinajstić information content (AvgIpc) is 2.45. The highest BCUT2D eigenvalue weighted by molar-refractivity contribution is 5.50. The molecule has 0 saturated carbocycles. The molecular formula is C13H18O5. The van der Waals surface area contributed by atoms with Crippen molar-refractivity contribution < 1.29 is 24.4 Å². The third-order valence-corrected chi connectivity index (χ3v) is 3.38. The van der Waals surface area contributed by atoms with Gasteiger partial charge in [-0.05, 0) is 12.1 Å². The highest BCUT2D eigenvalue weighted by atomic mass is 16.5. The molecule has 0 unspecified atom stereocenters. The maximum absolute atomic E-state index is 9.40. The summed E-state index contributed by atoms with van der Waals surface area (Å²) in [5, 5.41) is 18.8. The number of benzene rings is 1. The summed E-state index contributed by atoms with van der Waals surface area (Å²) < 4.78 is 16.2. The molecule has 0 amide bonds. The predicted molar refractivity (Wildman–Crippen MR) is 64.9 cm³/mol. The second-order valence-corrected chi connectivity index (χ2v) is 4.39. The molecule has 1 aromatic rings. The van der Waals surface area contributed by atoms with Gasteiger partial charge >= 0.3 is 0 Å². The molecular weight excluding hydrogens is 236 g/mol. The summed E-state index contributed by atoms with van der Waals surface area (Å²) in [6, 6.07) is 3.65. The number of hydrogen-bond acceptors (Lipinski definition) is 5. The maximum atomic E-state index is 9.40. The first-order valence-electron chi connectivity index (χ1n) is 5.78. The van der Waals surface area contributed by atoms with E-state index < -0.39 is 5.60 Å². The van der Waals surface area contributed by atoms with Crippen molar-refractivity contribution in [3.63, 3.8) is 0 Å². The Balaban J connectivity index is 2.46. The SMILES string of the molecule is COc1ccc(OC)c2c1COC(CO)(CO)C2. The molecule has 1 heterocycles. The number of methoxy groups -OCH3 is 2. The Morgan fingerprint density at radius 3 is 2.17 bits per heavy atom. The Kier molecular flexibility index (Phi) is 3.75. The van der Waals surface area contributed by atoms with Crippen LogP contribution in [0, 0.1) is 0 Å². The van der Waals surface area contributed by atoms with Crippen molar-refractivity contribution in [3.05, 3.63) is 23.3 Å². The first-order chi connectivity index (χ1) is 8.69. The second-order valence-electron chi connectivity index (χ2n) is 4.39. The standard InChI is InChI=1S/C13H18O5/c1-16-11-3-4-12(17-2)10-6-18-13(7-14,8-15)5-9(10)11/h3-4,14-15H,5-8H2,1-2H3. The fourth-order valence-corrected chi connectivity index (χ4v) is 2.24. The number of aliphatic hydroxyl groups excluding tert-OH is 2. The lowest BCUT2D eigenvalue weighted by Crippen LogP contribution is -2.45. The van der Waals surface area contributed by atoms with Crippen LogP contribution in [0.15, 0.2) is 12.1 Å². The lowest BCUT2D eigenvalue weighted by atomic mass is 9.89. The van der Waals surface area contributed by atoms with Gasteiger partial charge in [-0.15, -0.1) is 0 Å². The molecule has 2 N–H and O–H groups in total. The molecule has 0 radical (unpaired) electrons. The van der Waals surface area contributed by atoms with Gasteiger partial charge < -0.3 is 24.4 Å². The van der Waals surface area contributed by atoms with E-state index in [-0.39, 0.29) is 19.8 Å². The Hall–Kier alpha value is -1.30. The number of fused-ring (bicyclic) bond motifs is 1. The lowest BCUT2D eigenvalue weighted by Gasteiger charge is -2.36. The van der Waals surface area contributed by atoms with E-state index >= 15 is 0 Å². The van der Waals surface area contributed by atoms with Gasteiger partial charge in [-0.2, -0.15) is 0 Å². The molecule has 1 aliphatic rings. The average molecular weight is 254 g/mol. The minimum atomic E-state index is -0.938. The van der Waals surface area contributed by atoms with Crippen LogP contribution < -0.4 is 9.47 Å². The van der Waals surface area contributed by atoms with Crippen LogP contribution in [-0.4, -0.2) is 43.2 Å². The van der Waals surface area contributed by atoms with E-state index in [4.69, 9.17) is 14.2 Å². The van der Waals surface area contributed by atoms with Crippen molar-refractivity contribution in [2.75, 3.05) is 27.4 Å². The van der Waals surface area contributed by atoms with Gasteiger partial charge in [-0.3, -0.25) is 0 Å². The number of ether oxygens (including phenoxy) is 3. The minimum absolute atomic E-state index is 0.233. The summed E-state index contributed by atoms with van der Waals surface area (Å²) in [5.74, 6) is 1.45. The smallest absolute Gasteiger partial charge is 0.124 e. The quantitative estimate of drug-likeness (QED) is 0.819. The fraction of sp³-hybridized carbons (Fsp3) is 0.538. The molecule has 0 aliphatic carbocycles. The highest BCUT2D eigenvalue weighted by Crippen LogP contribution is 2.38. The number of rotatable bonds is 4. The topological polar surface area (TPSA) is 68.2 Å². The summed E-state index contributed by atoms with van der Waals surface area (Å²) in [6.07, 6.45) is 0.399. The van der Waals surface area contributed by atoms with E-state index in [1.54, 1.807) is 14.2 Å². The van der Waals surface area contributed by atoms with Crippen LogP contribution in [0.3, 0.4) is 0 Å². The monoisotopic (exact) mass is 254 g/mol. The molecule has 0 saturated heterocycles. The summed E-state index contributed by atoms with van der Waals surface area (Å²) in [6.45, 7) is -0.177. The normalized spacial score (nSPS) is 17.1. The minimum Gasteiger partial charge on any atom is -0.496 e. The predicted octanol–water partition coefficient (Wildman–Crippen LogP) is 0.500. The van der Waals surface area contributed by atoms with Gasteiger partial charge in [-0.1, -0.05) is 0 Å². The molecule has 2 rings (SSSR count). The van der Waals surface area contributed by atoms with E-state index in [1.807, 2.05) is 12.1 Å². The van der Waals surface area contributed by atoms with Crippen molar-refractivity contribution in [1.82, 2.24) is 0 Å². The molecule has 5 nitrogen and oxygen atoms in total. The van der Waals surface area contributed by atoms with Crippen LogP contribution in [0.25, 0.3) is 0 Å². The van der Waals surface area contributed by atoms with Crippen LogP contribution >= 0.6 is 0 Å². The molecule has 0 bridgehead atoms. The van der Waals surface area contributed by atoms with Crippen LogP contribution in [0.2, 0.25) is 0 Å². The van der Waals surface area contributed by atoms with Crippen molar-refractivity contribution in [1.29, 1.82) is 0 Å². The van der Waals surface area contributed by atoms with Crippen molar-refractivity contribution >= 4 is 0 Å². The Morgan fingerprint density at radius 1 is 1.11 bits per heavy atom. The second kappa shape index (κ2) is 5.14. The van der Waals surface area contributed by atoms with Gasteiger partial charge in [0.1, 0.15) is 17.1 Å². The highest BCUT2D eigenvalue weighted by Gasteiger charge is 2.37. The molecule has 5 heteroatoms. The van der Waals surface area contributed by atoms with Gasteiger partial charge in [0.2, 0.25) is 0 Å². The Labute approximate surface area is 106 Å². The van der Waals surface area contributed by atoms with Crippen LogP contribution in [-0.2, 0) is 17.8 Å². The maximum Gasteiger partial charge on any atom is 0.124 e. The van der Waals surface area contributed by atoms with Gasteiger partial charge in [-0.25, -0.2) is 0 Å². The summed E-state index contributed by atoms with van der Waals surface area (Å²) in [5.41, 5.74) is 0.896. The third kappa shape index (κ3) is 2.05. The molecule has 0 spiro atoms. The number of hydrogen-bond donors (Lipinski definition) is 2. The van der Waals surface area contributed by atoms with Crippen molar-refractivity contribution in [2.24, 2.45) is 0 Å². The van der Waals surface area contributed by atoms with E-state index in [0.717, 1.165) is 22.6 Å². The molecule has 100 valence electrons. The van der Waals surface area contributed by atoms with E-state index in [0.29, 0.717) is 6.42 Å². The summed E-state index contributed by atoms with van der Waals surface area (Å²) in [7, 11) is 3.19. The van der Waals surface area contributed by atoms with E-state index in [9.17, 15) is 10.2 Å². The van der Waals surface area contributed by atoms with E-state index in [1.165, 1.54) is 0 Å². The molecule has 1 aliphatic heterocycles. The van der Waals surface area contributed by atoms with Crippen LogP contribution in [0.4, 0.5) is 0 Å². The van der Waals surface area contributed by atoms with Gasteiger partial charge in [0.05, 0.1) is 34.0 Å². The van der Waals surface area contributed by atoms with E-state index in [2.05, 4.69) is 0 Å². The zero-order valence-electron chi connectivity index (χ0n) is 10.6. The van der Waals surface area contributed by atoms with Crippen LogP contribution in [0.1, 0.15) is 11.1 Å². The summed E-state index contributed by atoms with van der Waals surface area (Å²) in [4.78, 5) is 0. The Bertz CT molecular complexity index is 426. The zero-order chi connectivity index (χ0) is 13.2. The largest absolute Gasteiger partial charge is 0.496 e. The molecule has 18 heavy (non-hydrogen) atoms. The van der Waals surface area contributed by atoms with Crippen LogP contribution in [0.5, 0.6) is 11.5 Å². The molecule has 0 aromatic heterocycles. The Morgan fingerprint density at radius 2 is 1.67 bits per heavy atom. The zero-order valence-corrected chi connectivity index (χ0v) is 10.6. The first kappa shape index (κ1) is 13.1. The fourth-order valence-electron chi connectivity index (χ4n) is 2.24. The molecule has 0 fully saturated rings. The van der Waals surface area contributed by atoms with Gasteiger partial charge in [0, 0.05) is 17.5 Å². The molecule has 0 atom stereocenters. The first-order valence-corrected chi connectivity index (χ1v) is 5.78. The van der Waals surface area contributed by atoms with Gasteiger partial charge in [0.25, 0.3) is 0 Å². The van der Waals surface area contributed by atoms with Crippen molar-refractivity contribution in [3.8, 4) is 11.5 Å². The van der Waals surface area contributed by atoms with Crippen molar-refractivity contribution in [2.45, 2.75) is 18.6 Å². The summed E-state index contributed by atoms with van der Waals surface area (Å²) >= 11 is 0.